The van der Waals surface area contributed by atoms with Crippen LogP contribution >= 0.6 is 0 Å². The van der Waals surface area contributed by atoms with Crippen LogP contribution in [0.1, 0.15) is 74.6 Å². The summed E-state index contributed by atoms with van der Waals surface area (Å²) in [6, 6.07) is 10.2. The van der Waals surface area contributed by atoms with Crippen molar-refractivity contribution in [3.8, 4) is 0 Å². The number of anilines is 2. The van der Waals surface area contributed by atoms with Crippen molar-refractivity contribution in [2.24, 2.45) is 0 Å². The highest BCUT2D eigenvalue weighted by Gasteiger charge is 2.21. The Morgan fingerprint density at radius 2 is 2.09 bits per heavy atom. The molecule has 1 aromatic carbocycles. The molecule has 178 valence electrons. The first kappa shape index (κ1) is 22.6. The maximum atomic E-state index is 12.5. The van der Waals surface area contributed by atoms with E-state index >= 15 is 0 Å². The summed E-state index contributed by atoms with van der Waals surface area (Å²) < 4.78 is 1.93. The first-order chi connectivity index (χ1) is 16.6. The van der Waals surface area contributed by atoms with Gasteiger partial charge in [0, 0.05) is 41.0 Å². The van der Waals surface area contributed by atoms with Crippen molar-refractivity contribution in [3.05, 3.63) is 65.0 Å². The molecule has 0 saturated carbocycles. The number of nitrogens with one attached hydrogen (secondary N) is 3. The number of allylic oxidation sites excluding steroid dienone is 1. The van der Waals surface area contributed by atoms with Gasteiger partial charge < -0.3 is 16.0 Å². The summed E-state index contributed by atoms with van der Waals surface area (Å²) in [5.41, 5.74) is 6.08. The van der Waals surface area contributed by atoms with E-state index in [1.165, 1.54) is 5.56 Å². The Bertz CT molecular complexity index is 1210. The third kappa shape index (κ3) is 4.85. The summed E-state index contributed by atoms with van der Waals surface area (Å²) in [6.45, 7) is 7.07. The van der Waals surface area contributed by atoms with E-state index in [2.05, 4.69) is 47.0 Å². The summed E-state index contributed by atoms with van der Waals surface area (Å²) >= 11 is 0. The lowest BCUT2D eigenvalue weighted by Gasteiger charge is -2.23. The normalized spacial score (nSPS) is 16.7. The molecule has 1 saturated heterocycles. The number of carbonyl (C=O) groups is 1. The zero-order valence-corrected chi connectivity index (χ0v) is 20.1. The highest BCUT2D eigenvalue weighted by molar-refractivity contribution is 6.04. The van der Waals surface area contributed by atoms with Gasteiger partial charge in [-0.15, -0.1) is 0 Å². The van der Waals surface area contributed by atoms with Gasteiger partial charge in [-0.2, -0.15) is 9.61 Å². The molecule has 0 bridgehead atoms. The van der Waals surface area contributed by atoms with Gasteiger partial charge >= 0.3 is 0 Å². The fraction of sp³-hybridized carbons (Fsp3) is 0.444. The number of carbonyl (C=O) groups excluding carboxylic acids is 1. The van der Waals surface area contributed by atoms with Crippen molar-refractivity contribution in [2.45, 2.75) is 64.3 Å². The lowest BCUT2D eigenvalue weighted by molar-refractivity contribution is -0.112. The number of aromatic nitrogens is 3. The topological polar surface area (TPSA) is 83.3 Å². The Labute approximate surface area is 201 Å². The van der Waals surface area contributed by atoms with E-state index in [4.69, 9.17) is 4.98 Å². The van der Waals surface area contributed by atoms with Crippen LogP contribution in [0.3, 0.4) is 0 Å². The lowest BCUT2D eigenvalue weighted by Crippen LogP contribution is -2.27. The second kappa shape index (κ2) is 9.97. The van der Waals surface area contributed by atoms with Crippen molar-refractivity contribution >= 4 is 23.1 Å². The molecule has 1 amide bonds. The number of hydrogen-bond acceptors (Lipinski definition) is 5. The molecule has 3 aromatic rings. The van der Waals surface area contributed by atoms with Crippen molar-refractivity contribution in [3.63, 3.8) is 0 Å². The molecule has 0 atom stereocenters. The van der Waals surface area contributed by atoms with E-state index in [1.807, 2.05) is 35.0 Å². The first-order valence-corrected chi connectivity index (χ1v) is 12.5. The van der Waals surface area contributed by atoms with Crippen LogP contribution in [-0.2, 0) is 11.3 Å². The molecule has 1 aliphatic carbocycles. The quantitative estimate of drug-likeness (QED) is 0.465. The molecule has 3 N–H and O–H groups in total. The van der Waals surface area contributed by atoms with Gasteiger partial charge in [0.15, 0.2) is 5.65 Å². The number of fused-ring (bicyclic) bond motifs is 1. The molecule has 34 heavy (non-hydrogen) atoms. The van der Waals surface area contributed by atoms with Crippen LogP contribution in [0.2, 0.25) is 0 Å². The molecular weight excluding hydrogens is 424 g/mol. The second-order valence-corrected chi connectivity index (χ2v) is 9.71. The van der Waals surface area contributed by atoms with E-state index < -0.39 is 0 Å². The van der Waals surface area contributed by atoms with Crippen molar-refractivity contribution in [2.75, 3.05) is 23.7 Å². The third-order valence-corrected chi connectivity index (χ3v) is 6.89. The number of benzene rings is 1. The Morgan fingerprint density at radius 3 is 2.85 bits per heavy atom. The minimum absolute atomic E-state index is 0.0165. The standard InChI is InChI=1S/C27H34N6O/c1-18(2)23-17-30-33-25(15-24(32-26(23)33)20-10-12-28-13-11-20)29-16-19-6-5-9-22(14-19)31-27(34)21-7-3-4-8-21/h5-7,9,14-15,17-18,20,28-29H,3-4,8,10-13,16H2,1-2H3,(H,31,34). The molecule has 2 aliphatic rings. The molecular formula is C27H34N6O. The SMILES string of the molecule is CC(C)c1cnn2c(NCc3cccc(NC(=O)C4=CCCC4)c3)cc(C3CCNCC3)nc12. The Balaban J connectivity index is 1.37. The monoisotopic (exact) mass is 458 g/mol. The van der Waals surface area contributed by atoms with Gasteiger partial charge in [0.1, 0.15) is 5.82 Å². The first-order valence-electron chi connectivity index (χ1n) is 12.5. The van der Waals surface area contributed by atoms with Crippen LogP contribution in [0.15, 0.2) is 48.2 Å². The van der Waals surface area contributed by atoms with Crippen LogP contribution in [0.5, 0.6) is 0 Å². The number of hydrogen-bond donors (Lipinski definition) is 3. The Kier molecular flexibility index (Phi) is 6.63. The second-order valence-electron chi connectivity index (χ2n) is 9.71. The molecule has 2 aromatic heterocycles. The average Bonchev–Trinajstić information content (AvgIpc) is 3.54. The summed E-state index contributed by atoms with van der Waals surface area (Å²) in [5, 5.41) is 14.7. The van der Waals surface area contributed by atoms with Crippen molar-refractivity contribution in [1.29, 1.82) is 0 Å². The van der Waals surface area contributed by atoms with Crippen LogP contribution in [0.4, 0.5) is 11.5 Å². The van der Waals surface area contributed by atoms with E-state index in [0.717, 1.165) is 79.2 Å². The Hall–Kier alpha value is -3.19. The van der Waals surface area contributed by atoms with Gasteiger partial charge in [0.2, 0.25) is 0 Å². The highest BCUT2D eigenvalue weighted by atomic mass is 16.1. The van der Waals surface area contributed by atoms with Gasteiger partial charge in [0.25, 0.3) is 5.91 Å². The molecule has 0 unspecified atom stereocenters. The zero-order valence-electron chi connectivity index (χ0n) is 20.1. The molecule has 1 fully saturated rings. The largest absolute Gasteiger partial charge is 0.366 e. The molecule has 5 rings (SSSR count). The number of piperidine rings is 1. The van der Waals surface area contributed by atoms with Gasteiger partial charge in [0.05, 0.1) is 6.20 Å². The van der Waals surface area contributed by atoms with Crippen LogP contribution in [-0.4, -0.2) is 33.6 Å². The van der Waals surface area contributed by atoms with Crippen LogP contribution in [0, 0.1) is 0 Å². The van der Waals surface area contributed by atoms with Gasteiger partial charge in [-0.3, -0.25) is 4.79 Å². The molecule has 3 heterocycles. The average molecular weight is 459 g/mol. The van der Waals surface area contributed by atoms with Gasteiger partial charge in [-0.1, -0.05) is 32.1 Å². The zero-order chi connectivity index (χ0) is 23.5. The molecule has 7 nitrogen and oxygen atoms in total. The predicted molar refractivity (Wildman–Crippen MR) is 136 cm³/mol. The fourth-order valence-electron chi connectivity index (χ4n) is 4.90. The maximum absolute atomic E-state index is 12.5. The number of rotatable bonds is 7. The van der Waals surface area contributed by atoms with Gasteiger partial charge in [-0.25, -0.2) is 4.98 Å². The molecule has 1 aliphatic heterocycles. The smallest absolute Gasteiger partial charge is 0.251 e. The Morgan fingerprint density at radius 1 is 1.24 bits per heavy atom. The summed E-state index contributed by atoms with van der Waals surface area (Å²) in [4.78, 5) is 17.5. The van der Waals surface area contributed by atoms with Gasteiger partial charge in [-0.05, 0) is 68.8 Å². The summed E-state index contributed by atoms with van der Waals surface area (Å²) in [6.07, 6.45) is 9.13. The summed E-state index contributed by atoms with van der Waals surface area (Å²) in [7, 11) is 0. The van der Waals surface area contributed by atoms with E-state index in [-0.39, 0.29) is 5.91 Å². The highest BCUT2D eigenvalue weighted by Crippen LogP contribution is 2.29. The van der Waals surface area contributed by atoms with E-state index in [9.17, 15) is 4.79 Å². The van der Waals surface area contributed by atoms with Crippen molar-refractivity contribution < 1.29 is 4.79 Å². The van der Waals surface area contributed by atoms with Crippen LogP contribution in [0.25, 0.3) is 5.65 Å². The minimum Gasteiger partial charge on any atom is -0.366 e. The number of amides is 1. The van der Waals surface area contributed by atoms with Crippen LogP contribution < -0.4 is 16.0 Å². The molecule has 0 spiro atoms. The van der Waals surface area contributed by atoms with Crippen molar-refractivity contribution in [1.82, 2.24) is 19.9 Å². The van der Waals surface area contributed by atoms with E-state index in [0.29, 0.717) is 18.4 Å². The minimum atomic E-state index is 0.0165. The maximum Gasteiger partial charge on any atom is 0.251 e. The molecule has 7 heteroatoms. The molecule has 0 radical (unpaired) electrons. The van der Waals surface area contributed by atoms with E-state index in [1.54, 1.807) is 0 Å². The lowest BCUT2D eigenvalue weighted by atomic mass is 9.94. The third-order valence-electron chi connectivity index (χ3n) is 6.89. The summed E-state index contributed by atoms with van der Waals surface area (Å²) in [5.74, 6) is 1.79. The fourth-order valence-corrected chi connectivity index (χ4v) is 4.90. The number of nitrogens with zero attached hydrogens (tertiary/aromatic N) is 3. The predicted octanol–water partition coefficient (Wildman–Crippen LogP) is 4.98.